The molecule has 0 aliphatic heterocycles. The minimum Gasteiger partial charge on any atom is -0.497 e. The lowest BCUT2D eigenvalue weighted by molar-refractivity contribution is 0.415. The lowest BCUT2D eigenvalue weighted by Crippen LogP contribution is -1.99. The number of hydrogen-bond acceptors (Lipinski definition) is 4. The third kappa shape index (κ3) is 2.87. The minimum absolute atomic E-state index is 0.260. The molecule has 0 spiro atoms. The highest BCUT2D eigenvalue weighted by molar-refractivity contribution is 7.90. The molecule has 0 aliphatic carbocycles. The van der Waals surface area contributed by atoms with E-state index >= 15 is 0 Å². The van der Waals surface area contributed by atoms with Gasteiger partial charge in [-0.2, -0.15) is 5.26 Å². The van der Waals surface area contributed by atoms with Crippen molar-refractivity contribution in [3.63, 3.8) is 0 Å². The highest BCUT2D eigenvalue weighted by atomic mass is 32.2. The lowest BCUT2D eigenvalue weighted by atomic mass is 10.1. The van der Waals surface area contributed by atoms with Gasteiger partial charge in [-0.15, -0.1) is 0 Å². The van der Waals surface area contributed by atoms with Gasteiger partial charge in [0.15, 0.2) is 9.84 Å². The first-order valence-corrected chi connectivity index (χ1v) is 9.70. The van der Waals surface area contributed by atoms with Crippen LogP contribution in [0.25, 0.3) is 22.2 Å². The van der Waals surface area contributed by atoms with E-state index in [0.717, 1.165) is 27.9 Å². The first-order valence-electron chi connectivity index (χ1n) is 7.81. The molecule has 3 aromatic rings. The number of methoxy groups -OCH3 is 1. The largest absolute Gasteiger partial charge is 0.497 e. The molecule has 0 radical (unpaired) electrons. The van der Waals surface area contributed by atoms with Gasteiger partial charge in [0.25, 0.3) is 0 Å². The molecule has 5 nitrogen and oxygen atoms in total. The Hall–Kier alpha value is -2.78. The van der Waals surface area contributed by atoms with Crippen molar-refractivity contribution in [3.05, 3.63) is 48.0 Å². The predicted molar refractivity (Wildman–Crippen MR) is 97.4 cm³/mol. The first kappa shape index (κ1) is 17.1. The Balaban J connectivity index is 2.30. The first-order chi connectivity index (χ1) is 11.9. The second kappa shape index (κ2) is 6.26. The lowest BCUT2D eigenvalue weighted by Gasteiger charge is -2.09. The molecule has 0 fully saturated rings. The number of sulfone groups is 1. The Morgan fingerprint density at radius 2 is 1.84 bits per heavy atom. The molecule has 25 heavy (non-hydrogen) atoms. The van der Waals surface area contributed by atoms with Crippen molar-refractivity contribution in [3.8, 4) is 23.1 Å². The van der Waals surface area contributed by atoms with Crippen molar-refractivity contribution in [2.45, 2.75) is 18.4 Å². The monoisotopic (exact) mass is 354 g/mol. The summed E-state index contributed by atoms with van der Waals surface area (Å²) in [6, 6.07) is 14.6. The van der Waals surface area contributed by atoms with Gasteiger partial charge in [0.2, 0.25) is 0 Å². The second-order valence-electron chi connectivity index (χ2n) is 5.76. The molecule has 0 aliphatic rings. The Morgan fingerprint density at radius 3 is 2.36 bits per heavy atom. The summed E-state index contributed by atoms with van der Waals surface area (Å²) in [5.74, 6) is 0.725. The van der Waals surface area contributed by atoms with E-state index in [1.165, 1.54) is 6.26 Å². The maximum Gasteiger partial charge on any atom is 0.175 e. The molecule has 1 heterocycles. The summed E-state index contributed by atoms with van der Waals surface area (Å²) < 4.78 is 30.7. The summed E-state index contributed by atoms with van der Waals surface area (Å²) in [6.45, 7) is 2.68. The number of ether oxygens (including phenoxy) is 1. The zero-order valence-electron chi connectivity index (χ0n) is 14.3. The van der Waals surface area contributed by atoms with Crippen molar-refractivity contribution < 1.29 is 13.2 Å². The topological polar surface area (TPSA) is 72.1 Å². The van der Waals surface area contributed by atoms with Gasteiger partial charge >= 0.3 is 0 Å². The van der Waals surface area contributed by atoms with Gasteiger partial charge in [-0.05, 0) is 36.8 Å². The molecule has 128 valence electrons. The van der Waals surface area contributed by atoms with Crippen LogP contribution in [-0.4, -0.2) is 26.4 Å². The van der Waals surface area contributed by atoms with Gasteiger partial charge in [-0.3, -0.25) is 0 Å². The highest BCUT2D eigenvalue weighted by Crippen LogP contribution is 2.35. The molecule has 2 aromatic carbocycles. The Morgan fingerprint density at radius 1 is 1.16 bits per heavy atom. The van der Waals surface area contributed by atoms with E-state index in [1.54, 1.807) is 31.4 Å². The van der Waals surface area contributed by atoms with Crippen LogP contribution in [0.4, 0.5) is 0 Å². The van der Waals surface area contributed by atoms with Crippen LogP contribution in [-0.2, 0) is 16.4 Å². The molecule has 3 rings (SSSR count). The van der Waals surface area contributed by atoms with Crippen molar-refractivity contribution in [1.29, 1.82) is 5.26 Å². The van der Waals surface area contributed by atoms with Crippen LogP contribution < -0.4 is 4.74 Å². The SMILES string of the molecule is CCn1c(-c2ccc(S(C)(=O)=O)cc2)c(C#N)c2ccc(OC)cc21. The van der Waals surface area contributed by atoms with Crippen molar-refractivity contribution in [2.75, 3.05) is 13.4 Å². The van der Waals surface area contributed by atoms with Crippen molar-refractivity contribution in [1.82, 2.24) is 4.57 Å². The van der Waals surface area contributed by atoms with E-state index in [2.05, 4.69) is 6.07 Å². The summed E-state index contributed by atoms with van der Waals surface area (Å²) in [4.78, 5) is 0.260. The van der Waals surface area contributed by atoms with Gasteiger partial charge < -0.3 is 9.30 Å². The van der Waals surface area contributed by atoms with Gasteiger partial charge in [0, 0.05) is 24.3 Å². The standard InChI is InChI=1S/C19H18N2O3S/c1-4-21-18-11-14(24-2)7-10-16(18)17(12-20)19(21)13-5-8-15(9-6-13)25(3,22)23/h5-11H,4H2,1-3H3. The van der Waals surface area contributed by atoms with Gasteiger partial charge in [-0.1, -0.05) is 12.1 Å². The summed E-state index contributed by atoms with van der Waals surface area (Å²) in [5.41, 5.74) is 3.08. The Kier molecular flexibility index (Phi) is 4.27. The summed E-state index contributed by atoms with van der Waals surface area (Å²) in [5, 5.41) is 10.6. The molecule has 0 amide bonds. The minimum atomic E-state index is -3.26. The molecule has 0 saturated carbocycles. The molecular formula is C19H18N2O3S. The quantitative estimate of drug-likeness (QED) is 0.717. The average Bonchev–Trinajstić information content (AvgIpc) is 2.93. The number of nitriles is 1. The summed E-state index contributed by atoms with van der Waals surface area (Å²) in [7, 11) is -1.65. The fourth-order valence-corrected chi connectivity index (χ4v) is 3.69. The summed E-state index contributed by atoms with van der Waals surface area (Å²) >= 11 is 0. The number of aryl methyl sites for hydroxylation is 1. The van der Waals surface area contributed by atoms with E-state index in [1.807, 2.05) is 29.7 Å². The molecule has 6 heteroatoms. The zero-order valence-corrected chi connectivity index (χ0v) is 15.1. The Labute approximate surface area is 147 Å². The van der Waals surface area contributed by atoms with Crippen LogP contribution >= 0.6 is 0 Å². The summed E-state index contributed by atoms with van der Waals surface area (Å²) in [6.07, 6.45) is 1.18. The number of nitrogens with zero attached hydrogens (tertiary/aromatic N) is 2. The smallest absolute Gasteiger partial charge is 0.175 e. The van der Waals surface area contributed by atoms with E-state index in [4.69, 9.17) is 4.74 Å². The Bertz CT molecular complexity index is 1090. The molecule has 0 N–H and O–H groups in total. The van der Waals surface area contributed by atoms with Crippen molar-refractivity contribution in [2.24, 2.45) is 0 Å². The van der Waals surface area contributed by atoms with Crippen LogP contribution in [0.1, 0.15) is 12.5 Å². The number of fused-ring (bicyclic) bond motifs is 1. The van der Waals surface area contributed by atoms with Crippen LogP contribution in [0.15, 0.2) is 47.4 Å². The zero-order chi connectivity index (χ0) is 18.2. The number of rotatable bonds is 4. The molecule has 0 unspecified atom stereocenters. The normalized spacial score (nSPS) is 11.4. The molecule has 1 aromatic heterocycles. The fourth-order valence-electron chi connectivity index (χ4n) is 3.06. The number of hydrogen-bond donors (Lipinski definition) is 0. The molecule has 0 atom stereocenters. The highest BCUT2D eigenvalue weighted by Gasteiger charge is 2.19. The molecule has 0 bridgehead atoms. The van der Waals surface area contributed by atoms with Gasteiger partial charge in [0.1, 0.15) is 11.8 Å². The number of benzene rings is 2. The van der Waals surface area contributed by atoms with E-state index in [9.17, 15) is 13.7 Å². The van der Waals surface area contributed by atoms with Crippen LogP contribution in [0.3, 0.4) is 0 Å². The van der Waals surface area contributed by atoms with E-state index in [-0.39, 0.29) is 4.90 Å². The maximum atomic E-state index is 11.7. The second-order valence-corrected chi connectivity index (χ2v) is 7.78. The van der Waals surface area contributed by atoms with Gasteiger partial charge in [0.05, 0.1) is 28.8 Å². The fraction of sp³-hybridized carbons (Fsp3) is 0.211. The molecule has 0 saturated heterocycles. The third-order valence-corrected chi connectivity index (χ3v) is 5.38. The van der Waals surface area contributed by atoms with E-state index in [0.29, 0.717) is 12.1 Å². The predicted octanol–water partition coefficient (Wildman–Crippen LogP) is 3.61. The van der Waals surface area contributed by atoms with Crippen LogP contribution in [0.5, 0.6) is 5.75 Å². The van der Waals surface area contributed by atoms with E-state index < -0.39 is 9.84 Å². The van der Waals surface area contributed by atoms with Gasteiger partial charge in [-0.25, -0.2) is 8.42 Å². The number of aromatic nitrogens is 1. The average molecular weight is 354 g/mol. The van der Waals surface area contributed by atoms with Crippen LogP contribution in [0.2, 0.25) is 0 Å². The van der Waals surface area contributed by atoms with Crippen LogP contribution in [0, 0.1) is 11.3 Å². The molecular weight excluding hydrogens is 336 g/mol. The third-order valence-electron chi connectivity index (χ3n) is 4.26. The maximum absolute atomic E-state index is 11.7. The van der Waals surface area contributed by atoms with Crippen molar-refractivity contribution >= 4 is 20.7 Å².